The fourth-order valence-corrected chi connectivity index (χ4v) is 3.08. The average Bonchev–Trinajstić information content (AvgIpc) is 2.55. The van der Waals surface area contributed by atoms with Crippen LogP contribution in [0.3, 0.4) is 0 Å². The molecular formula is C21H20O2. The molecule has 3 aromatic rings. The lowest BCUT2D eigenvalue weighted by atomic mass is 9.70. The normalized spacial score (nSPS) is 13.5. The Morgan fingerprint density at radius 1 is 0.739 bits per heavy atom. The molecule has 3 rings (SSSR count). The van der Waals surface area contributed by atoms with Gasteiger partial charge in [-0.25, -0.2) is 0 Å². The van der Waals surface area contributed by atoms with Crippen LogP contribution < -0.4 is 0 Å². The highest BCUT2D eigenvalue weighted by molar-refractivity contribution is 5.55. The van der Waals surface area contributed by atoms with Gasteiger partial charge in [-0.1, -0.05) is 60.2 Å². The molecule has 0 aromatic heterocycles. The zero-order chi connectivity index (χ0) is 16.4. The molecule has 0 heterocycles. The number of aromatic hydroxyl groups is 2. The number of phenolic OH excluding ortho intramolecular Hbond substituents is 2. The van der Waals surface area contributed by atoms with E-state index in [9.17, 15) is 10.2 Å². The molecule has 1 unspecified atom stereocenters. The molecule has 0 aliphatic rings. The minimum absolute atomic E-state index is 0.219. The van der Waals surface area contributed by atoms with E-state index in [1.54, 1.807) is 18.2 Å². The molecular weight excluding hydrogens is 284 g/mol. The number of rotatable bonds is 3. The molecule has 0 fully saturated rings. The molecule has 116 valence electrons. The van der Waals surface area contributed by atoms with Gasteiger partial charge in [0.1, 0.15) is 11.5 Å². The second kappa shape index (κ2) is 5.81. The van der Waals surface area contributed by atoms with Crippen molar-refractivity contribution >= 4 is 0 Å². The summed E-state index contributed by atoms with van der Waals surface area (Å²) in [4.78, 5) is 0. The van der Waals surface area contributed by atoms with Crippen molar-refractivity contribution in [1.29, 1.82) is 0 Å². The van der Waals surface area contributed by atoms with E-state index in [0.29, 0.717) is 0 Å². The number of phenols is 2. The summed E-state index contributed by atoms with van der Waals surface area (Å²) in [7, 11) is 0. The van der Waals surface area contributed by atoms with Gasteiger partial charge in [0.05, 0.1) is 0 Å². The van der Waals surface area contributed by atoms with Gasteiger partial charge in [-0.05, 0) is 43.2 Å². The van der Waals surface area contributed by atoms with Crippen LogP contribution in [0.5, 0.6) is 11.5 Å². The van der Waals surface area contributed by atoms with Crippen LogP contribution in [-0.4, -0.2) is 10.2 Å². The van der Waals surface area contributed by atoms with Gasteiger partial charge in [0.25, 0.3) is 0 Å². The van der Waals surface area contributed by atoms with Gasteiger partial charge >= 0.3 is 0 Å². The molecule has 2 N–H and O–H groups in total. The first-order valence-electron chi connectivity index (χ1n) is 7.67. The summed E-state index contributed by atoms with van der Waals surface area (Å²) >= 11 is 0. The predicted octanol–water partition coefficient (Wildman–Crippen LogP) is 4.76. The molecule has 2 nitrogen and oxygen atoms in total. The van der Waals surface area contributed by atoms with E-state index in [1.807, 2.05) is 30.3 Å². The van der Waals surface area contributed by atoms with E-state index < -0.39 is 5.41 Å². The Kier molecular flexibility index (Phi) is 3.83. The van der Waals surface area contributed by atoms with Crippen LogP contribution in [0.1, 0.15) is 29.2 Å². The summed E-state index contributed by atoms with van der Waals surface area (Å²) in [5, 5.41) is 20.4. The maximum atomic E-state index is 10.4. The van der Waals surface area contributed by atoms with Crippen molar-refractivity contribution < 1.29 is 10.2 Å². The van der Waals surface area contributed by atoms with Gasteiger partial charge in [0.2, 0.25) is 0 Å². The van der Waals surface area contributed by atoms with Crippen LogP contribution in [0.25, 0.3) is 0 Å². The monoisotopic (exact) mass is 304 g/mol. The van der Waals surface area contributed by atoms with Crippen molar-refractivity contribution in [3.8, 4) is 11.5 Å². The van der Waals surface area contributed by atoms with Crippen molar-refractivity contribution in [3.63, 3.8) is 0 Å². The van der Waals surface area contributed by atoms with Gasteiger partial charge < -0.3 is 10.2 Å². The molecule has 0 bridgehead atoms. The first-order valence-corrected chi connectivity index (χ1v) is 7.67. The van der Waals surface area contributed by atoms with E-state index >= 15 is 0 Å². The molecule has 0 amide bonds. The summed E-state index contributed by atoms with van der Waals surface area (Å²) in [6.45, 7) is 4.12. The number of hydrogen-bond acceptors (Lipinski definition) is 2. The zero-order valence-corrected chi connectivity index (χ0v) is 13.3. The Bertz CT molecular complexity index is 821. The lowest BCUT2D eigenvalue weighted by Crippen LogP contribution is -2.25. The molecule has 0 saturated carbocycles. The third-order valence-corrected chi connectivity index (χ3v) is 4.50. The second-order valence-electron chi connectivity index (χ2n) is 6.06. The van der Waals surface area contributed by atoms with Gasteiger partial charge in [0.15, 0.2) is 0 Å². The summed E-state index contributed by atoms with van der Waals surface area (Å²) in [5.74, 6) is 0.468. The van der Waals surface area contributed by atoms with Crippen molar-refractivity contribution in [2.24, 2.45) is 0 Å². The highest BCUT2D eigenvalue weighted by atomic mass is 16.3. The Morgan fingerprint density at radius 2 is 1.43 bits per heavy atom. The van der Waals surface area contributed by atoms with Crippen LogP contribution in [0, 0.1) is 6.92 Å². The Hall–Kier alpha value is -2.74. The topological polar surface area (TPSA) is 40.5 Å². The lowest BCUT2D eigenvalue weighted by Gasteiger charge is -2.32. The lowest BCUT2D eigenvalue weighted by molar-refractivity contribution is 0.455. The third-order valence-electron chi connectivity index (χ3n) is 4.50. The number of aryl methyl sites for hydroxylation is 1. The minimum atomic E-state index is -0.558. The smallest absolute Gasteiger partial charge is 0.120 e. The molecule has 0 spiro atoms. The van der Waals surface area contributed by atoms with Crippen LogP contribution in [0.15, 0.2) is 72.8 Å². The van der Waals surface area contributed by atoms with Crippen molar-refractivity contribution in [2.75, 3.05) is 0 Å². The maximum absolute atomic E-state index is 10.4. The Labute approximate surface area is 136 Å². The minimum Gasteiger partial charge on any atom is -0.508 e. The standard InChI is InChI=1S/C21H20O2/c1-15-10-12-16(13-11-15)21(2,17-6-5-7-18(22)14-17)19-8-3-4-9-20(19)23/h3-14,22-23H,1-2H3. The van der Waals surface area contributed by atoms with Crippen molar-refractivity contribution in [2.45, 2.75) is 19.3 Å². The first-order chi connectivity index (χ1) is 11.0. The summed E-state index contributed by atoms with van der Waals surface area (Å²) in [6.07, 6.45) is 0. The quantitative estimate of drug-likeness (QED) is 0.685. The van der Waals surface area contributed by atoms with Crippen LogP contribution in [0.2, 0.25) is 0 Å². The van der Waals surface area contributed by atoms with Crippen molar-refractivity contribution in [3.05, 3.63) is 95.1 Å². The van der Waals surface area contributed by atoms with E-state index in [-0.39, 0.29) is 11.5 Å². The summed E-state index contributed by atoms with van der Waals surface area (Å²) in [5.41, 5.74) is 3.44. The largest absolute Gasteiger partial charge is 0.508 e. The average molecular weight is 304 g/mol. The molecule has 0 aliphatic carbocycles. The first kappa shape index (κ1) is 15.2. The molecule has 1 atom stereocenters. The van der Waals surface area contributed by atoms with Crippen LogP contribution in [-0.2, 0) is 5.41 Å². The SMILES string of the molecule is Cc1ccc(C(C)(c2cccc(O)c2)c2ccccc2O)cc1. The van der Waals surface area contributed by atoms with Gasteiger partial charge in [-0.2, -0.15) is 0 Å². The molecule has 0 radical (unpaired) electrons. The highest BCUT2D eigenvalue weighted by Crippen LogP contribution is 2.43. The van der Waals surface area contributed by atoms with Gasteiger partial charge in [-0.3, -0.25) is 0 Å². The molecule has 0 saturated heterocycles. The molecule has 0 aliphatic heterocycles. The fraction of sp³-hybridized carbons (Fsp3) is 0.143. The van der Waals surface area contributed by atoms with E-state index in [1.165, 1.54) is 5.56 Å². The summed E-state index contributed by atoms with van der Waals surface area (Å²) < 4.78 is 0. The molecule has 23 heavy (non-hydrogen) atoms. The van der Waals surface area contributed by atoms with Crippen LogP contribution >= 0.6 is 0 Å². The van der Waals surface area contributed by atoms with Gasteiger partial charge in [0, 0.05) is 11.0 Å². The maximum Gasteiger partial charge on any atom is 0.120 e. The van der Waals surface area contributed by atoms with E-state index in [2.05, 4.69) is 38.1 Å². The van der Waals surface area contributed by atoms with Gasteiger partial charge in [-0.15, -0.1) is 0 Å². The Morgan fingerprint density at radius 3 is 2.09 bits per heavy atom. The Balaban J connectivity index is 2.29. The highest BCUT2D eigenvalue weighted by Gasteiger charge is 2.33. The van der Waals surface area contributed by atoms with Crippen LogP contribution in [0.4, 0.5) is 0 Å². The predicted molar refractivity (Wildman–Crippen MR) is 92.9 cm³/mol. The third kappa shape index (κ3) is 2.68. The van der Waals surface area contributed by atoms with E-state index in [4.69, 9.17) is 0 Å². The number of para-hydroxylation sites is 1. The van der Waals surface area contributed by atoms with E-state index in [0.717, 1.165) is 16.7 Å². The summed E-state index contributed by atoms with van der Waals surface area (Å²) in [6, 6.07) is 22.9. The fourth-order valence-electron chi connectivity index (χ4n) is 3.08. The number of hydrogen-bond donors (Lipinski definition) is 2. The molecule has 3 aromatic carbocycles. The number of benzene rings is 3. The van der Waals surface area contributed by atoms with Crippen molar-refractivity contribution in [1.82, 2.24) is 0 Å². The molecule has 2 heteroatoms. The zero-order valence-electron chi connectivity index (χ0n) is 13.3. The second-order valence-corrected chi connectivity index (χ2v) is 6.06.